The Labute approximate surface area is 91.3 Å². The molecular weight excluding hydrogens is 212 g/mol. The predicted molar refractivity (Wildman–Crippen MR) is 56.9 cm³/mol. The van der Waals surface area contributed by atoms with E-state index in [9.17, 15) is 13.0 Å². The second-order valence-electron chi connectivity index (χ2n) is 5.06. The molecule has 4 unspecified atom stereocenters. The van der Waals surface area contributed by atoms with Crippen molar-refractivity contribution in [1.82, 2.24) is 0 Å². The van der Waals surface area contributed by atoms with Crippen molar-refractivity contribution < 1.29 is 13.0 Å². The molecule has 2 rings (SSSR count). The SMILES string of the molecule is C/C(=C1\CC2CC1C(C)C2C)S(=O)(=O)[O-]. The summed E-state index contributed by atoms with van der Waals surface area (Å²) in [6.45, 7) is 5.86. The van der Waals surface area contributed by atoms with Gasteiger partial charge in [0.1, 0.15) is 10.1 Å². The van der Waals surface area contributed by atoms with Gasteiger partial charge in [0.25, 0.3) is 0 Å². The summed E-state index contributed by atoms with van der Waals surface area (Å²) < 4.78 is 32.9. The first kappa shape index (κ1) is 11.1. The summed E-state index contributed by atoms with van der Waals surface area (Å²) in [5.74, 6) is 2.13. The van der Waals surface area contributed by atoms with Gasteiger partial charge in [0.15, 0.2) is 0 Å². The van der Waals surface area contributed by atoms with Gasteiger partial charge < -0.3 is 4.55 Å². The summed E-state index contributed by atoms with van der Waals surface area (Å²) in [4.78, 5) is 0.0914. The van der Waals surface area contributed by atoms with Crippen molar-refractivity contribution in [3.8, 4) is 0 Å². The maximum absolute atomic E-state index is 11.0. The fourth-order valence-corrected chi connectivity index (χ4v) is 3.84. The standard InChI is InChI=1S/C11H18O3S/c1-6-7(2)10-4-9(6)5-11(10)8(3)15(12,13)14/h6-7,9-10H,4-5H2,1-3H3,(H,12,13,14)/p-1/b11-8-. The van der Waals surface area contributed by atoms with Crippen LogP contribution < -0.4 is 0 Å². The lowest BCUT2D eigenvalue weighted by molar-refractivity contribution is 0.304. The van der Waals surface area contributed by atoms with Crippen LogP contribution in [0.4, 0.5) is 0 Å². The van der Waals surface area contributed by atoms with Gasteiger partial charge in [0.05, 0.1) is 0 Å². The van der Waals surface area contributed by atoms with Crippen molar-refractivity contribution in [2.45, 2.75) is 33.6 Å². The van der Waals surface area contributed by atoms with Gasteiger partial charge >= 0.3 is 0 Å². The zero-order valence-corrected chi connectivity index (χ0v) is 10.2. The van der Waals surface area contributed by atoms with Gasteiger partial charge in [-0.1, -0.05) is 19.4 Å². The third kappa shape index (κ3) is 1.64. The van der Waals surface area contributed by atoms with Crippen LogP contribution in [0.2, 0.25) is 0 Å². The van der Waals surface area contributed by atoms with Crippen LogP contribution >= 0.6 is 0 Å². The Kier molecular flexibility index (Phi) is 2.47. The molecule has 2 saturated carbocycles. The fourth-order valence-electron chi connectivity index (χ4n) is 3.28. The van der Waals surface area contributed by atoms with E-state index in [1.807, 2.05) is 0 Å². The number of fused-ring (bicyclic) bond motifs is 2. The van der Waals surface area contributed by atoms with Crippen LogP contribution in [0.1, 0.15) is 33.6 Å². The molecule has 0 aromatic rings. The van der Waals surface area contributed by atoms with E-state index in [2.05, 4.69) is 13.8 Å². The lowest BCUT2D eigenvalue weighted by Crippen LogP contribution is -2.20. The highest BCUT2D eigenvalue weighted by Gasteiger charge is 2.46. The van der Waals surface area contributed by atoms with E-state index in [1.54, 1.807) is 0 Å². The Morgan fingerprint density at radius 3 is 2.33 bits per heavy atom. The summed E-state index contributed by atoms with van der Waals surface area (Å²) >= 11 is 0. The highest BCUT2D eigenvalue weighted by atomic mass is 32.2. The molecule has 0 aliphatic heterocycles. The summed E-state index contributed by atoms with van der Waals surface area (Å²) in [6, 6.07) is 0. The number of allylic oxidation sites excluding steroid dienone is 2. The van der Waals surface area contributed by atoms with E-state index in [1.165, 1.54) is 6.92 Å². The lowest BCUT2D eigenvalue weighted by atomic mass is 9.79. The van der Waals surface area contributed by atoms with Crippen LogP contribution in [0.15, 0.2) is 10.5 Å². The molecule has 0 radical (unpaired) electrons. The third-order valence-corrected chi connectivity index (χ3v) is 5.53. The minimum atomic E-state index is -4.22. The van der Waals surface area contributed by atoms with E-state index in [0.29, 0.717) is 23.7 Å². The van der Waals surface area contributed by atoms with E-state index in [-0.39, 0.29) is 4.91 Å². The Hall–Kier alpha value is -0.350. The number of hydrogen-bond donors (Lipinski definition) is 0. The molecule has 0 aromatic carbocycles. The summed E-state index contributed by atoms with van der Waals surface area (Å²) in [6.07, 6.45) is 1.90. The first-order valence-corrected chi connectivity index (χ1v) is 6.88. The minimum Gasteiger partial charge on any atom is -0.744 e. The molecule has 0 aromatic heterocycles. The Morgan fingerprint density at radius 1 is 1.33 bits per heavy atom. The zero-order valence-electron chi connectivity index (χ0n) is 9.36. The molecule has 15 heavy (non-hydrogen) atoms. The normalized spacial score (nSPS) is 43.5. The van der Waals surface area contributed by atoms with Crippen molar-refractivity contribution >= 4 is 10.1 Å². The van der Waals surface area contributed by atoms with Crippen molar-refractivity contribution in [1.29, 1.82) is 0 Å². The first-order valence-electron chi connectivity index (χ1n) is 5.48. The average Bonchev–Trinajstić information content (AvgIpc) is 2.65. The lowest BCUT2D eigenvalue weighted by Gasteiger charge is -2.29. The monoisotopic (exact) mass is 229 g/mol. The van der Waals surface area contributed by atoms with Crippen LogP contribution in [0.25, 0.3) is 0 Å². The van der Waals surface area contributed by atoms with E-state index >= 15 is 0 Å². The average molecular weight is 229 g/mol. The van der Waals surface area contributed by atoms with Gasteiger partial charge in [0.2, 0.25) is 0 Å². The Morgan fingerprint density at radius 2 is 1.93 bits per heavy atom. The van der Waals surface area contributed by atoms with Gasteiger partial charge in [-0.25, -0.2) is 8.42 Å². The second-order valence-corrected chi connectivity index (χ2v) is 6.58. The van der Waals surface area contributed by atoms with E-state index in [4.69, 9.17) is 0 Å². The molecule has 0 spiro atoms. The Balaban J connectivity index is 2.38. The number of hydrogen-bond acceptors (Lipinski definition) is 3. The molecule has 4 atom stereocenters. The minimum absolute atomic E-state index is 0.0914. The molecule has 2 aliphatic rings. The van der Waals surface area contributed by atoms with Gasteiger partial charge in [-0.3, -0.25) is 0 Å². The molecule has 2 fully saturated rings. The van der Waals surface area contributed by atoms with Gasteiger partial charge in [-0.15, -0.1) is 0 Å². The van der Waals surface area contributed by atoms with Crippen LogP contribution in [0, 0.1) is 23.7 Å². The number of rotatable bonds is 1. The largest absolute Gasteiger partial charge is 0.744 e. The van der Waals surface area contributed by atoms with Crippen LogP contribution in [0.3, 0.4) is 0 Å². The molecule has 3 nitrogen and oxygen atoms in total. The molecule has 0 amide bonds. The summed E-state index contributed by atoms with van der Waals surface area (Å²) in [5.41, 5.74) is 0.917. The van der Waals surface area contributed by atoms with Crippen LogP contribution in [0.5, 0.6) is 0 Å². The molecular formula is C11H17O3S-. The topological polar surface area (TPSA) is 57.2 Å². The summed E-state index contributed by atoms with van der Waals surface area (Å²) in [5, 5.41) is 0. The quantitative estimate of drug-likeness (QED) is 0.647. The molecule has 0 heterocycles. The molecule has 2 aliphatic carbocycles. The smallest absolute Gasteiger partial charge is 0.120 e. The van der Waals surface area contributed by atoms with Crippen molar-refractivity contribution in [3.63, 3.8) is 0 Å². The molecule has 4 heteroatoms. The first-order chi connectivity index (χ1) is 6.82. The second kappa shape index (κ2) is 3.32. The molecule has 0 N–H and O–H groups in total. The highest BCUT2D eigenvalue weighted by molar-refractivity contribution is 7.89. The van der Waals surface area contributed by atoms with E-state index < -0.39 is 10.1 Å². The van der Waals surface area contributed by atoms with Crippen molar-refractivity contribution in [2.24, 2.45) is 23.7 Å². The van der Waals surface area contributed by atoms with Crippen LogP contribution in [-0.2, 0) is 10.1 Å². The third-order valence-electron chi connectivity index (χ3n) is 4.52. The fraction of sp³-hybridized carbons (Fsp3) is 0.818. The van der Waals surface area contributed by atoms with Gasteiger partial charge in [0, 0.05) is 4.91 Å². The van der Waals surface area contributed by atoms with Crippen molar-refractivity contribution in [2.75, 3.05) is 0 Å². The van der Waals surface area contributed by atoms with Gasteiger partial charge in [-0.05, 0) is 43.4 Å². The molecule has 2 bridgehead atoms. The highest BCUT2D eigenvalue weighted by Crippen LogP contribution is 2.55. The van der Waals surface area contributed by atoms with E-state index in [0.717, 1.165) is 18.4 Å². The zero-order chi connectivity index (χ0) is 11.4. The maximum Gasteiger partial charge on any atom is 0.120 e. The van der Waals surface area contributed by atoms with Gasteiger partial charge in [-0.2, -0.15) is 0 Å². The van der Waals surface area contributed by atoms with Crippen LogP contribution in [-0.4, -0.2) is 13.0 Å². The van der Waals surface area contributed by atoms with Crippen molar-refractivity contribution in [3.05, 3.63) is 10.5 Å². The predicted octanol–water partition coefficient (Wildman–Crippen LogP) is 2.12. The molecule has 86 valence electrons. The molecule has 0 saturated heterocycles. The summed E-state index contributed by atoms with van der Waals surface area (Å²) in [7, 11) is -4.22. The maximum atomic E-state index is 11.0. The Bertz CT molecular complexity index is 406.